The lowest BCUT2D eigenvalue weighted by Gasteiger charge is -2.16. The average molecular weight is 291 g/mol. The molecule has 0 fully saturated rings. The molecule has 6 heteroatoms. The van der Waals surface area contributed by atoms with Gasteiger partial charge in [-0.05, 0) is 32.4 Å². The van der Waals surface area contributed by atoms with Crippen molar-refractivity contribution in [3.05, 3.63) is 27.7 Å². The second-order valence-corrected chi connectivity index (χ2v) is 5.11. The number of anilines is 1. The van der Waals surface area contributed by atoms with Crippen LogP contribution in [0.2, 0.25) is 10.0 Å². The first kappa shape index (κ1) is 15.1. The van der Waals surface area contributed by atoms with Crippen LogP contribution in [-0.4, -0.2) is 23.2 Å². The lowest BCUT2D eigenvalue weighted by Crippen LogP contribution is -2.34. The SMILES string of the molecule is CC(O)CC(C)NC(=O)c1cc(N)cc(Cl)c1Cl. The van der Waals surface area contributed by atoms with E-state index in [0.717, 1.165) is 0 Å². The number of hydrogen-bond donors (Lipinski definition) is 3. The summed E-state index contributed by atoms with van der Waals surface area (Å²) in [6, 6.07) is 2.78. The van der Waals surface area contributed by atoms with Crippen LogP contribution >= 0.6 is 23.2 Å². The molecule has 1 aromatic carbocycles. The van der Waals surface area contributed by atoms with E-state index in [0.29, 0.717) is 12.1 Å². The van der Waals surface area contributed by atoms with Gasteiger partial charge in [-0.25, -0.2) is 0 Å². The fraction of sp³-hybridized carbons (Fsp3) is 0.417. The number of rotatable bonds is 4. The highest BCUT2D eigenvalue weighted by atomic mass is 35.5. The lowest BCUT2D eigenvalue weighted by atomic mass is 10.1. The molecule has 0 radical (unpaired) electrons. The third kappa shape index (κ3) is 4.05. The summed E-state index contributed by atoms with van der Waals surface area (Å²) in [5.74, 6) is -0.359. The summed E-state index contributed by atoms with van der Waals surface area (Å²) in [4.78, 5) is 12.0. The minimum Gasteiger partial charge on any atom is -0.399 e. The summed E-state index contributed by atoms with van der Waals surface area (Å²) in [5, 5.41) is 12.4. The zero-order valence-electron chi connectivity index (χ0n) is 10.2. The normalized spacial score (nSPS) is 14.1. The van der Waals surface area contributed by atoms with Crippen molar-refractivity contribution in [1.82, 2.24) is 5.32 Å². The fourth-order valence-electron chi connectivity index (χ4n) is 1.65. The number of nitrogen functional groups attached to an aromatic ring is 1. The molecule has 0 saturated carbocycles. The monoisotopic (exact) mass is 290 g/mol. The van der Waals surface area contributed by atoms with Crippen LogP contribution in [0.5, 0.6) is 0 Å². The van der Waals surface area contributed by atoms with E-state index in [1.54, 1.807) is 13.8 Å². The van der Waals surface area contributed by atoms with Crippen molar-refractivity contribution in [1.29, 1.82) is 0 Å². The van der Waals surface area contributed by atoms with Gasteiger partial charge in [0.25, 0.3) is 5.91 Å². The van der Waals surface area contributed by atoms with Gasteiger partial charge < -0.3 is 16.2 Å². The van der Waals surface area contributed by atoms with Crippen molar-refractivity contribution >= 4 is 34.8 Å². The third-order valence-corrected chi connectivity index (χ3v) is 3.17. The standard InChI is InChI=1S/C12H16Cl2N2O2/c1-6(3-7(2)17)16-12(18)9-4-8(15)5-10(13)11(9)14/h4-7,17H,3,15H2,1-2H3,(H,16,18). The van der Waals surface area contributed by atoms with Crippen molar-refractivity contribution < 1.29 is 9.90 Å². The average Bonchev–Trinajstić information content (AvgIpc) is 2.21. The molecule has 0 aliphatic carbocycles. The number of halogens is 2. The van der Waals surface area contributed by atoms with E-state index in [2.05, 4.69) is 5.32 Å². The highest BCUT2D eigenvalue weighted by molar-refractivity contribution is 6.44. The van der Waals surface area contributed by atoms with E-state index < -0.39 is 6.10 Å². The summed E-state index contributed by atoms with van der Waals surface area (Å²) >= 11 is 11.8. The van der Waals surface area contributed by atoms with Gasteiger partial charge in [-0.15, -0.1) is 0 Å². The molecule has 0 bridgehead atoms. The van der Waals surface area contributed by atoms with Gasteiger partial charge in [0.15, 0.2) is 0 Å². The second kappa shape index (κ2) is 6.27. The number of amides is 1. The van der Waals surface area contributed by atoms with Gasteiger partial charge in [-0.3, -0.25) is 4.79 Å². The molecule has 4 nitrogen and oxygen atoms in total. The van der Waals surface area contributed by atoms with E-state index in [1.165, 1.54) is 12.1 Å². The predicted molar refractivity (Wildman–Crippen MR) is 74.1 cm³/mol. The molecule has 0 heterocycles. The Morgan fingerprint density at radius 2 is 2.06 bits per heavy atom. The molecular weight excluding hydrogens is 275 g/mol. The van der Waals surface area contributed by atoms with Gasteiger partial charge in [0.2, 0.25) is 0 Å². The van der Waals surface area contributed by atoms with E-state index >= 15 is 0 Å². The lowest BCUT2D eigenvalue weighted by molar-refractivity contribution is 0.0923. The first-order valence-electron chi connectivity index (χ1n) is 5.54. The van der Waals surface area contributed by atoms with Gasteiger partial charge in [0.1, 0.15) is 0 Å². The Hall–Kier alpha value is -0.970. The predicted octanol–water partition coefficient (Wildman–Crippen LogP) is 2.46. The maximum absolute atomic E-state index is 12.0. The van der Waals surface area contributed by atoms with Crippen molar-refractivity contribution in [2.75, 3.05) is 5.73 Å². The maximum atomic E-state index is 12.0. The van der Waals surface area contributed by atoms with Crippen LogP contribution in [0.25, 0.3) is 0 Å². The molecule has 18 heavy (non-hydrogen) atoms. The van der Waals surface area contributed by atoms with Crippen LogP contribution in [0.3, 0.4) is 0 Å². The number of carbonyl (C=O) groups is 1. The summed E-state index contributed by atoms with van der Waals surface area (Å²) < 4.78 is 0. The minimum absolute atomic E-state index is 0.172. The molecule has 2 atom stereocenters. The smallest absolute Gasteiger partial charge is 0.253 e. The van der Waals surface area contributed by atoms with Crippen LogP contribution in [0.4, 0.5) is 5.69 Å². The number of nitrogens with one attached hydrogen (secondary N) is 1. The Kier molecular flexibility index (Phi) is 5.26. The van der Waals surface area contributed by atoms with Crippen LogP contribution in [0.15, 0.2) is 12.1 Å². The minimum atomic E-state index is -0.486. The van der Waals surface area contributed by atoms with Crippen LogP contribution in [-0.2, 0) is 0 Å². The van der Waals surface area contributed by atoms with Gasteiger partial charge in [0.05, 0.1) is 21.7 Å². The van der Waals surface area contributed by atoms with E-state index in [1.807, 2.05) is 0 Å². The van der Waals surface area contributed by atoms with Crippen LogP contribution in [0.1, 0.15) is 30.6 Å². The molecule has 2 unspecified atom stereocenters. The van der Waals surface area contributed by atoms with Gasteiger partial charge in [0, 0.05) is 11.7 Å². The number of hydrogen-bond acceptors (Lipinski definition) is 3. The largest absolute Gasteiger partial charge is 0.399 e. The van der Waals surface area contributed by atoms with E-state index in [-0.39, 0.29) is 27.6 Å². The van der Waals surface area contributed by atoms with Crippen molar-refractivity contribution in [2.45, 2.75) is 32.4 Å². The molecule has 100 valence electrons. The Balaban J connectivity index is 2.85. The van der Waals surface area contributed by atoms with E-state index in [4.69, 9.17) is 28.9 Å². The van der Waals surface area contributed by atoms with Gasteiger partial charge in [-0.2, -0.15) is 0 Å². The molecule has 0 aliphatic heterocycles. The molecule has 0 saturated heterocycles. The zero-order chi connectivity index (χ0) is 13.9. The molecule has 1 rings (SSSR count). The Morgan fingerprint density at radius 3 is 2.61 bits per heavy atom. The Bertz CT molecular complexity index is 450. The molecule has 0 aromatic heterocycles. The number of aliphatic hydroxyl groups excluding tert-OH is 1. The second-order valence-electron chi connectivity index (χ2n) is 4.32. The zero-order valence-corrected chi connectivity index (χ0v) is 11.7. The van der Waals surface area contributed by atoms with Crippen molar-refractivity contribution in [3.63, 3.8) is 0 Å². The summed E-state index contributed by atoms with van der Waals surface area (Å²) in [7, 11) is 0. The van der Waals surface area contributed by atoms with Crippen LogP contribution in [0, 0.1) is 0 Å². The molecule has 4 N–H and O–H groups in total. The number of aliphatic hydroxyl groups is 1. The van der Waals surface area contributed by atoms with Gasteiger partial charge in [-0.1, -0.05) is 23.2 Å². The number of nitrogens with two attached hydrogens (primary N) is 1. The van der Waals surface area contributed by atoms with Crippen LogP contribution < -0.4 is 11.1 Å². The topological polar surface area (TPSA) is 75.3 Å². The van der Waals surface area contributed by atoms with E-state index in [9.17, 15) is 9.90 Å². The summed E-state index contributed by atoms with van der Waals surface area (Å²) in [6.45, 7) is 3.46. The molecule has 0 aliphatic rings. The Labute approximate surface area is 116 Å². The molecule has 1 amide bonds. The summed E-state index contributed by atoms with van der Waals surface area (Å²) in [6.07, 6.45) is -0.0282. The van der Waals surface area contributed by atoms with Crippen molar-refractivity contribution in [3.8, 4) is 0 Å². The molecule has 1 aromatic rings. The third-order valence-electron chi connectivity index (χ3n) is 2.37. The first-order chi connectivity index (χ1) is 8.31. The highest BCUT2D eigenvalue weighted by Crippen LogP contribution is 2.28. The quantitative estimate of drug-likeness (QED) is 0.746. The highest BCUT2D eigenvalue weighted by Gasteiger charge is 2.16. The Morgan fingerprint density at radius 1 is 1.44 bits per heavy atom. The molecule has 0 spiro atoms. The number of carbonyl (C=O) groups excluding carboxylic acids is 1. The fourth-order valence-corrected chi connectivity index (χ4v) is 2.07. The summed E-state index contributed by atoms with van der Waals surface area (Å²) in [5.41, 5.74) is 6.22. The van der Waals surface area contributed by atoms with Crippen molar-refractivity contribution in [2.24, 2.45) is 0 Å². The first-order valence-corrected chi connectivity index (χ1v) is 6.30. The molecular formula is C12H16Cl2N2O2. The number of benzene rings is 1. The maximum Gasteiger partial charge on any atom is 0.253 e. The van der Waals surface area contributed by atoms with Gasteiger partial charge >= 0.3 is 0 Å².